The van der Waals surface area contributed by atoms with E-state index in [1.54, 1.807) is 0 Å². The Bertz CT molecular complexity index is 653. The van der Waals surface area contributed by atoms with Gasteiger partial charge in [-0.15, -0.1) is 0 Å². The van der Waals surface area contributed by atoms with Gasteiger partial charge in [-0.2, -0.15) is 0 Å². The summed E-state index contributed by atoms with van der Waals surface area (Å²) >= 11 is 6.15. The molecule has 2 aromatic rings. The van der Waals surface area contributed by atoms with Crippen LogP contribution in [0.15, 0.2) is 54.6 Å². The zero-order valence-corrected chi connectivity index (χ0v) is 13.7. The Labute approximate surface area is 141 Å². The summed E-state index contributed by atoms with van der Waals surface area (Å²) in [6, 6.07) is 17.9. The van der Waals surface area contributed by atoms with Crippen LogP contribution in [0.4, 0.5) is 0 Å². The van der Waals surface area contributed by atoms with Gasteiger partial charge in [-0.25, -0.2) is 0 Å². The van der Waals surface area contributed by atoms with Gasteiger partial charge >= 0.3 is 0 Å². The zero-order chi connectivity index (χ0) is 16.1. The highest BCUT2D eigenvalue weighted by Gasteiger charge is 2.23. The standard InChI is InChI=1S/C19H20ClNO2/c20-17-8-4-7-16(13-17)18(15-5-2-1-3-6-15)14-19(22)21-9-11-23-12-10-21/h1-8,13,18H,9-12,14H2/t18-/m1/s1. The molecule has 1 saturated heterocycles. The molecule has 120 valence electrons. The molecule has 0 saturated carbocycles. The van der Waals surface area contributed by atoms with Crippen LogP contribution in [0.3, 0.4) is 0 Å². The lowest BCUT2D eigenvalue weighted by Crippen LogP contribution is -2.41. The fourth-order valence-electron chi connectivity index (χ4n) is 2.95. The summed E-state index contributed by atoms with van der Waals surface area (Å²) in [6.07, 6.45) is 0.449. The van der Waals surface area contributed by atoms with Crippen LogP contribution in [0.5, 0.6) is 0 Å². The molecule has 1 aliphatic rings. The third kappa shape index (κ3) is 4.12. The lowest BCUT2D eigenvalue weighted by atomic mass is 9.88. The summed E-state index contributed by atoms with van der Waals surface area (Å²) in [6.45, 7) is 2.60. The Morgan fingerprint density at radius 1 is 1.04 bits per heavy atom. The Hall–Kier alpha value is -1.84. The van der Waals surface area contributed by atoms with Gasteiger partial charge in [0.2, 0.25) is 5.91 Å². The van der Waals surface area contributed by atoms with Crippen LogP contribution in [0.2, 0.25) is 5.02 Å². The molecule has 23 heavy (non-hydrogen) atoms. The van der Waals surface area contributed by atoms with Crippen molar-refractivity contribution in [1.82, 2.24) is 4.90 Å². The van der Waals surface area contributed by atoms with Crippen LogP contribution < -0.4 is 0 Å². The van der Waals surface area contributed by atoms with Crippen molar-refractivity contribution in [1.29, 1.82) is 0 Å². The van der Waals surface area contributed by atoms with E-state index in [9.17, 15) is 4.79 Å². The number of halogens is 1. The number of benzene rings is 2. The van der Waals surface area contributed by atoms with E-state index in [0.29, 0.717) is 37.7 Å². The SMILES string of the molecule is O=C(C[C@H](c1ccccc1)c1cccc(Cl)c1)N1CCOCC1. The second-order valence-corrected chi connectivity index (χ2v) is 6.15. The van der Waals surface area contributed by atoms with Gasteiger partial charge in [0, 0.05) is 30.5 Å². The third-order valence-electron chi connectivity index (χ3n) is 4.20. The minimum Gasteiger partial charge on any atom is -0.378 e. The number of carbonyl (C=O) groups excluding carboxylic acids is 1. The fourth-order valence-corrected chi connectivity index (χ4v) is 3.15. The van der Waals surface area contributed by atoms with Crippen molar-refractivity contribution in [3.8, 4) is 0 Å². The summed E-state index contributed by atoms with van der Waals surface area (Å²) in [5.74, 6) is 0.187. The van der Waals surface area contributed by atoms with Gasteiger partial charge in [0.1, 0.15) is 0 Å². The molecular weight excluding hydrogens is 310 g/mol. The number of ether oxygens (including phenoxy) is 1. The molecule has 1 amide bonds. The van der Waals surface area contributed by atoms with E-state index in [-0.39, 0.29) is 11.8 Å². The van der Waals surface area contributed by atoms with E-state index in [2.05, 4.69) is 12.1 Å². The zero-order valence-electron chi connectivity index (χ0n) is 13.0. The molecule has 3 rings (SSSR count). The minimum absolute atomic E-state index is 0.0187. The van der Waals surface area contributed by atoms with Crippen LogP contribution in [0.25, 0.3) is 0 Å². The van der Waals surface area contributed by atoms with Gasteiger partial charge in [-0.05, 0) is 23.3 Å². The second-order valence-electron chi connectivity index (χ2n) is 5.72. The number of nitrogens with zero attached hydrogens (tertiary/aromatic N) is 1. The van der Waals surface area contributed by atoms with Crippen LogP contribution in [-0.4, -0.2) is 37.1 Å². The molecule has 0 unspecified atom stereocenters. The molecule has 4 heteroatoms. The molecule has 0 aromatic heterocycles. The first-order chi connectivity index (χ1) is 11.2. The molecule has 0 N–H and O–H groups in total. The number of hydrogen-bond acceptors (Lipinski definition) is 2. The van der Waals surface area contributed by atoms with Gasteiger partial charge in [0.25, 0.3) is 0 Å². The summed E-state index contributed by atoms with van der Waals surface area (Å²) in [5, 5.41) is 0.697. The van der Waals surface area contributed by atoms with Gasteiger partial charge in [0.05, 0.1) is 13.2 Å². The molecule has 0 radical (unpaired) electrons. The number of hydrogen-bond donors (Lipinski definition) is 0. The molecule has 0 bridgehead atoms. The number of morpholine rings is 1. The van der Waals surface area contributed by atoms with Crippen LogP contribution in [0.1, 0.15) is 23.5 Å². The normalized spacial score (nSPS) is 16.1. The van der Waals surface area contributed by atoms with Gasteiger partial charge in [-0.1, -0.05) is 54.1 Å². The quantitative estimate of drug-likeness (QED) is 0.855. The van der Waals surface area contributed by atoms with Crippen molar-refractivity contribution in [2.45, 2.75) is 12.3 Å². The average molecular weight is 330 g/mol. The maximum atomic E-state index is 12.7. The molecule has 1 fully saturated rings. The van der Waals surface area contributed by atoms with Crippen molar-refractivity contribution >= 4 is 17.5 Å². The first kappa shape index (κ1) is 16.0. The maximum Gasteiger partial charge on any atom is 0.223 e. The summed E-state index contributed by atoms with van der Waals surface area (Å²) in [7, 11) is 0. The number of carbonyl (C=O) groups is 1. The minimum atomic E-state index is 0.0187. The van der Waals surface area contributed by atoms with Crippen molar-refractivity contribution < 1.29 is 9.53 Å². The molecule has 1 atom stereocenters. The van der Waals surface area contributed by atoms with Crippen molar-refractivity contribution in [3.63, 3.8) is 0 Å². The predicted molar refractivity (Wildman–Crippen MR) is 91.8 cm³/mol. The largest absolute Gasteiger partial charge is 0.378 e. The number of rotatable bonds is 4. The first-order valence-corrected chi connectivity index (χ1v) is 8.28. The van der Waals surface area contributed by atoms with E-state index in [1.807, 2.05) is 47.4 Å². The second kappa shape index (κ2) is 7.62. The van der Waals surface area contributed by atoms with Crippen molar-refractivity contribution in [3.05, 3.63) is 70.7 Å². The summed E-state index contributed by atoms with van der Waals surface area (Å²) in [4.78, 5) is 14.6. The van der Waals surface area contributed by atoms with Gasteiger partial charge in [0.15, 0.2) is 0 Å². The highest BCUT2D eigenvalue weighted by Crippen LogP contribution is 2.30. The van der Waals surface area contributed by atoms with E-state index < -0.39 is 0 Å². The van der Waals surface area contributed by atoms with E-state index >= 15 is 0 Å². The molecule has 0 aliphatic carbocycles. The highest BCUT2D eigenvalue weighted by atomic mass is 35.5. The maximum absolute atomic E-state index is 12.7. The molecule has 3 nitrogen and oxygen atoms in total. The van der Waals surface area contributed by atoms with Crippen molar-refractivity contribution in [2.75, 3.05) is 26.3 Å². The lowest BCUT2D eigenvalue weighted by Gasteiger charge is -2.29. The topological polar surface area (TPSA) is 29.5 Å². The molecule has 0 spiro atoms. The Kier molecular flexibility index (Phi) is 5.31. The van der Waals surface area contributed by atoms with Crippen LogP contribution in [0, 0.1) is 0 Å². The van der Waals surface area contributed by atoms with Crippen LogP contribution in [-0.2, 0) is 9.53 Å². The molecule has 1 heterocycles. The highest BCUT2D eigenvalue weighted by molar-refractivity contribution is 6.30. The smallest absolute Gasteiger partial charge is 0.223 e. The number of amides is 1. The molecule has 2 aromatic carbocycles. The van der Waals surface area contributed by atoms with Gasteiger partial charge < -0.3 is 9.64 Å². The van der Waals surface area contributed by atoms with E-state index in [1.165, 1.54) is 0 Å². The Morgan fingerprint density at radius 2 is 1.74 bits per heavy atom. The first-order valence-electron chi connectivity index (χ1n) is 7.90. The lowest BCUT2D eigenvalue weighted by molar-refractivity contribution is -0.135. The monoisotopic (exact) mass is 329 g/mol. The third-order valence-corrected chi connectivity index (χ3v) is 4.43. The Morgan fingerprint density at radius 3 is 2.43 bits per heavy atom. The van der Waals surface area contributed by atoms with Gasteiger partial charge in [-0.3, -0.25) is 4.79 Å². The summed E-state index contributed by atoms with van der Waals surface area (Å²) < 4.78 is 5.33. The average Bonchev–Trinajstić information content (AvgIpc) is 2.61. The summed E-state index contributed by atoms with van der Waals surface area (Å²) in [5.41, 5.74) is 2.21. The Balaban J connectivity index is 1.85. The fraction of sp³-hybridized carbons (Fsp3) is 0.316. The van der Waals surface area contributed by atoms with E-state index in [0.717, 1.165) is 11.1 Å². The van der Waals surface area contributed by atoms with Crippen molar-refractivity contribution in [2.24, 2.45) is 0 Å². The predicted octanol–water partition coefficient (Wildman–Crippen LogP) is 3.72. The molecular formula is C19H20ClNO2. The molecule has 1 aliphatic heterocycles. The van der Waals surface area contributed by atoms with E-state index in [4.69, 9.17) is 16.3 Å². The van der Waals surface area contributed by atoms with Crippen LogP contribution >= 0.6 is 11.6 Å².